The van der Waals surface area contributed by atoms with Crippen molar-refractivity contribution < 1.29 is 4.74 Å². The zero-order chi connectivity index (χ0) is 23.1. The third-order valence-corrected chi connectivity index (χ3v) is 7.35. The maximum atomic E-state index is 5.87. The number of benzene rings is 2. The van der Waals surface area contributed by atoms with Crippen molar-refractivity contribution in [3.63, 3.8) is 0 Å². The molecule has 0 amide bonds. The Hall–Kier alpha value is -3.75. The third kappa shape index (κ3) is 3.52. The number of anilines is 1. The van der Waals surface area contributed by atoms with Crippen LogP contribution in [0.1, 0.15) is 23.5 Å². The van der Waals surface area contributed by atoms with E-state index >= 15 is 0 Å². The summed E-state index contributed by atoms with van der Waals surface area (Å²) in [5, 5.41) is 5.09. The Kier molecular flexibility index (Phi) is 5.24. The Bertz CT molecular complexity index is 1450. The van der Waals surface area contributed by atoms with Crippen molar-refractivity contribution in [2.75, 3.05) is 12.0 Å². The Balaban J connectivity index is 1.52. The van der Waals surface area contributed by atoms with E-state index in [9.17, 15) is 0 Å². The van der Waals surface area contributed by atoms with E-state index in [1.54, 1.807) is 18.4 Å². The molecule has 3 aromatic heterocycles. The quantitative estimate of drug-likeness (QED) is 0.325. The van der Waals surface area contributed by atoms with Crippen LogP contribution in [-0.4, -0.2) is 26.8 Å². The predicted octanol–water partition coefficient (Wildman–Crippen LogP) is 5.67. The van der Waals surface area contributed by atoms with Gasteiger partial charge in [0.2, 0.25) is 0 Å². The van der Waals surface area contributed by atoms with Crippen LogP contribution in [0.5, 0.6) is 5.75 Å². The van der Waals surface area contributed by atoms with Crippen LogP contribution in [0.25, 0.3) is 15.3 Å². The Morgan fingerprint density at radius 1 is 1.00 bits per heavy atom. The normalized spacial score (nSPS) is 17.8. The summed E-state index contributed by atoms with van der Waals surface area (Å²) in [5.41, 5.74) is 3.95. The molecule has 2 atom stereocenters. The van der Waals surface area contributed by atoms with Gasteiger partial charge in [-0.3, -0.25) is 9.55 Å². The minimum atomic E-state index is -0.142. The molecule has 1 fully saturated rings. The molecule has 0 spiro atoms. The number of fused-ring (bicyclic) bond motifs is 1. The first-order valence-electron chi connectivity index (χ1n) is 10.9. The molecule has 8 heteroatoms. The molecule has 168 valence electrons. The van der Waals surface area contributed by atoms with Crippen LogP contribution in [0.2, 0.25) is 0 Å². The SMILES string of the molecule is COc1cccc(N2C(=S)N[C@H](c3ccccn3)[C@@H]2c2cccn2-c2nc3ccccc3s2)c1. The first-order valence-corrected chi connectivity index (χ1v) is 12.1. The van der Waals surface area contributed by atoms with Crippen LogP contribution >= 0.6 is 23.6 Å². The highest BCUT2D eigenvalue weighted by atomic mass is 32.1. The van der Waals surface area contributed by atoms with Crippen LogP contribution in [-0.2, 0) is 0 Å². The number of pyridine rings is 1. The van der Waals surface area contributed by atoms with Crippen molar-refractivity contribution in [3.05, 3.63) is 103 Å². The zero-order valence-electron chi connectivity index (χ0n) is 18.3. The number of nitrogens with zero attached hydrogens (tertiary/aromatic N) is 4. The van der Waals surface area contributed by atoms with E-state index < -0.39 is 0 Å². The Morgan fingerprint density at radius 3 is 2.71 bits per heavy atom. The maximum absolute atomic E-state index is 5.87. The van der Waals surface area contributed by atoms with E-state index in [1.807, 2.05) is 60.8 Å². The molecule has 5 aromatic rings. The molecule has 0 radical (unpaired) electrons. The fourth-order valence-corrected chi connectivity index (χ4v) is 5.78. The van der Waals surface area contributed by atoms with E-state index in [-0.39, 0.29) is 12.1 Å². The second kappa shape index (κ2) is 8.55. The molecular formula is C26H21N5OS2. The lowest BCUT2D eigenvalue weighted by atomic mass is 10.0. The number of nitrogens with one attached hydrogen (secondary N) is 1. The molecule has 0 unspecified atom stereocenters. The molecule has 4 heterocycles. The smallest absolute Gasteiger partial charge is 0.194 e. The van der Waals surface area contributed by atoms with E-state index in [0.717, 1.165) is 38.2 Å². The lowest BCUT2D eigenvalue weighted by molar-refractivity contribution is 0.414. The van der Waals surface area contributed by atoms with Gasteiger partial charge in [-0.05, 0) is 60.7 Å². The minimum absolute atomic E-state index is 0.136. The molecule has 0 bridgehead atoms. The molecule has 0 aliphatic carbocycles. The number of aromatic nitrogens is 3. The predicted molar refractivity (Wildman–Crippen MR) is 140 cm³/mol. The van der Waals surface area contributed by atoms with Crippen molar-refractivity contribution in [1.29, 1.82) is 0 Å². The molecule has 1 N–H and O–H groups in total. The van der Waals surface area contributed by atoms with Gasteiger partial charge >= 0.3 is 0 Å². The summed E-state index contributed by atoms with van der Waals surface area (Å²) in [5.74, 6) is 0.780. The Morgan fingerprint density at radius 2 is 1.88 bits per heavy atom. The standard InChI is InChI=1S/C26H21N5OS2/c1-32-18-9-6-8-17(16-18)31-24(23(29-25(31)33)20-11-4-5-14-27-20)21-12-7-15-30(21)26-28-19-10-2-3-13-22(19)34-26/h2-16,23-24H,1H3,(H,29,33)/t23-,24+/m1/s1. The topological polar surface area (TPSA) is 55.2 Å². The largest absolute Gasteiger partial charge is 0.497 e. The van der Waals surface area contributed by atoms with Crippen molar-refractivity contribution >= 4 is 44.6 Å². The third-order valence-electron chi connectivity index (χ3n) is 6.00. The molecular weight excluding hydrogens is 462 g/mol. The Labute approximate surface area is 206 Å². The van der Waals surface area contributed by atoms with Gasteiger partial charge < -0.3 is 15.0 Å². The summed E-state index contributed by atoms with van der Waals surface area (Å²) in [6.45, 7) is 0. The summed E-state index contributed by atoms with van der Waals surface area (Å²) in [7, 11) is 1.67. The van der Waals surface area contributed by atoms with E-state index in [0.29, 0.717) is 5.11 Å². The first kappa shape index (κ1) is 20.8. The molecule has 1 saturated heterocycles. The fourth-order valence-electron chi connectivity index (χ4n) is 4.47. The number of ether oxygens (including phenoxy) is 1. The van der Waals surface area contributed by atoms with E-state index in [1.165, 1.54) is 0 Å². The number of rotatable bonds is 5. The van der Waals surface area contributed by atoms with Gasteiger partial charge in [-0.1, -0.05) is 35.6 Å². The summed E-state index contributed by atoms with van der Waals surface area (Å²) >= 11 is 7.54. The fraction of sp³-hybridized carbons (Fsp3) is 0.115. The van der Waals surface area contributed by atoms with Crippen LogP contribution in [0, 0.1) is 0 Å². The maximum Gasteiger partial charge on any atom is 0.194 e. The first-order chi connectivity index (χ1) is 16.7. The van der Waals surface area contributed by atoms with Crippen LogP contribution in [0.15, 0.2) is 91.3 Å². The highest BCUT2D eigenvalue weighted by Crippen LogP contribution is 2.43. The van der Waals surface area contributed by atoms with Gasteiger partial charge in [-0.2, -0.15) is 0 Å². The van der Waals surface area contributed by atoms with Crippen molar-refractivity contribution in [1.82, 2.24) is 19.9 Å². The monoisotopic (exact) mass is 483 g/mol. The molecule has 2 aromatic carbocycles. The minimum Gasteiger partial charge on any atom is -0.497 e. The number of methoxy groups -OCH3 is 1. The van der Waals surface area contributed by atoms with Gasteiger partial charge in [0.05, 0.1) is 34.8 Å². The summed E-state index contributed by atoms with van der Waals surface area (Å²) in [6.07, 6.45) is 3.88. The van der Waals surface area contributed by atoms with Crippen molar-refractivity contribution in [2.24, 2.45) is 0 Å². The number of hydrogen-bond acceptors (Lipinski definition) is 5. The lowest BCUT2D eigenvalue weighted by Crippen LogP contribution is -2.30. The molecule has 34 heavy (non-hydrogen) atoms. The molecule has 1 aliphatic rings. The second-order valence-electron chi connectivity index (χ2n) is 7.97. The van der Waals surface area contributed by atoms with Gasteiger partial charge in [0.15, 0.2) is 10.2 Å². The summed E-state index contributed by atoms with van der Waals surface area (Å²) in [4.78, 5) is 11.7. The molecule has 6 rings (SSSR count). The molecule has 6 nitrogen and oxygen atoms in total. The van der Waals surface area contributed by atoms with Gasteiger partial charge in [0.1, 0.15) is 11.8 Å². The van der Waals surface area contributed by atoms with Gasteiger partial charge in [0.25, 0.3) is 0 Å². The summed E-state index contributed by atoms with van der Waals surface area (Å²) < 4.78 is 8.81. The molecule has 1 aliphatic heterocycles. The lowest BCUT2D eigenvalue weighted by Gasteiger charge is -2.28. The van der Waals surface area contributed by atoms with Crippen LogP contribution < -0.4 is 15.0 Å². The number of thiocarbonyl (C=S) groups is 1. The summed E-state index contributed by atoms with van der Waals surface area (Å²) in [6, 6.07) is 26.1. The molecule has 0 saturated carbocycles. The van der Waals surface area contributed by atoms with Gasteiger partial charge in [-0.15, -0.1) is 0 Å². The number of para-hydroxylation sites is 1. The number of thiazole rings is 1. The van der Waals surface area contributed by atoms with E-state index in [2.05, 4.69) is 50.2 Å². The van der Waals surface area contributed by atoms with Gasteiger partial charge in [-0.25, -0.2) is 4.98 Å². The highest BCUT2D eigenvalue weighted by molar-refractivity contribution is 7.80. The van der Waals surface area contributed by atoms with Gasteiger partial charge in [0, 0.05) is 24.1 Å². The van der Waals surface area contributed by atoms with Crippen LogP contribution in [0.4, 0.5) is 5.69 Å². The average molecular weight is 484 g/mol. The van der Waals surface area contributed by atoms with Crippen LogP contribution in [0.3, 0.4) is 0 Å². The van der Waals surface area contributed by atoms with Crippen molar-refractivity contribution in [3.8, 4) is 10.9 Å². The second-order valence-corrected chi connectivity index (χ2v) is 9.36. The zero-order valence-corrected chi connectivity index (χ0v) is 20.0. The average Bonchev–Trinajstić information content (AvgIpc) is 3.60. The van der Waals surface area contributed by atoms with Crippen molar-refractivity contribution in [2.45, 2.75) is 12.1 Å². The highest BCUT2D eigenvalue weighted by Gasteiger charge is 2.42. The van der Waals surface area contributed by atoms with E-state index in [4.69, 9.17) is 21.9 Å². The number of hydrogen-bond donors (Lipinski definition) is 1.